The minimum absolute atomic E-state index is 0.00635. The molecular formula is C24H33FN2O4. The Morgan fingerprint density at radius 3 is 2.45 bits per heavy atom. The van der Waals surface area contributed by atoms with Crippen molar-refractivity contribution < 1.29 is 19.4 Å². The minimum atomic E-state index is -1.30. The van der Waals surface area contributed by atoms with E-state index >= 15 is 4.39 Å². The second-order valence-electron chi connectivity index (χ2n) is 9.58. The molecule has 1 aliphatic carbocycles. The first kappa shape index (κ1) is 23.3. The fraction of sp³-hybridized carbons (Fsp3) is 0.583. The number of pyridine rings is 1. The highest BCUT2D eigenvalue weighted by Crippen LogP contribution is 2.41. The predicted molar refractivity (Wildman–Crippen MR) is 121 cm³/mol. The number of hydrogen-bond donors (Lipinski definition) is 2. The lowest BCUT2D eigenvalue weighted by Crippen LogP contribution is -2.42. The summed E-state index contributed by atoms with van der Waals surface area (Å²) in [6.07, 6.45) is 2.72. The third kappa shape index (κ3) is 4.20. The summed E-state index contributed by atoms with van der Waals surface area (Å²) >= 11 is 0. The third-order valence-electron chi connectivity index (χ3n) is 6.90. The van der Waals surface area contributed by atoms with E-state index in [0.29, 0.717) is 29.9 Å². The highest BCUT2D eigenvalue weighted by molar-refractivity contribution is 5.95. The van der Waals surface area contributed by atoms with Crippen LogP contribution in [0.15, 0.2) is 17.1 Å². The molecule has 1 heterocycles. The molecule has 1 aliphatic rings. The predicted octanol–water partition coefficient (Wildman–Crippen LogP) is 4.35. The van der Waals surface area contributed by atoms with E-state index in [1.807, 2.05) is 23.3 Å². The zero-order valence-electron chi connectivity index (χ0n) is 19.2. The number of carboxylic acids is 1. The molecule has 2 atom stereocenters. The van der Waals surface area contributed by atoms with Crippen molar-refractivity contribution in [3.05, 3.63) is 39.4 Å². The number of carbonyl (C=O) groups is 1. The fourth-order valence-electron chi connectivity index (χ4n) is 4.49. The number of nitrogens with zero attached hydrogens (tertiary/aromatic N) is 2. The molecule has 31 heavy (non-hydrogen) atoms. The summed E-state index contributed by atoms with van der Waals surface area (Å²) in [5, 5.41) is 19.7. The summed E-state index contributed by atoms with van der Waals surface area (Å²) in [6, 6.07) is 1.32. The van der Waals surface area contributed by atoms with Crippen LogP contribution in [0.4, 0.5) is 10.1 Å². The third-order valence-corrected chi connectivity index (χ3v) is 6.90. The molecule has 6 nitrogen and oxygen atoms in total. The van der Waals surface area contributed by atoms with Gasteiger partial charge in [-0.25, -0.2) is 9.18 Å². The average Bonchev–Trinajstić information content (AvgIpc) is 3.51. The van der Waals surface area contributed by atoms with Crippen LogP contribution in [-0.2, 0) is 0 Å². The number of rotatable bonds is 8. The Bertz CT molecular complexity index is 1070. The Kier molecular flexibility index (Phi) is 6.20. The van der Waals surface area contributed by atoms with Crippen LogP contribution in [0.3, 0.4) is 0 Å². The van der Waals surface area contributed by atoms with Crippen LogP contribution in [-0.4, -0.2) is 39.9 Å². The van der Waals surface area contributed by atoms with Crippen LogP contribution < -0.4 is 10.3 Å². The standard InChI is InChI=1S/C24H33FN2O4/c1-7-26(12-24(5,6)14(3)15(4)28)21-13(2)20-17(10-19(21)25)22(29)18(23(30)31)11-27(20)16-8-9-16/h10-11,14-16,28H,7-9,12H2,1-6H3,(H,30,31). The molecule has 0 spiro atoms. The normalized spacial score (nSPS) is 16.4. The van der Waals surface area contributed by atoms with Gasteiger partial charge in [-0.3, -0.25) is 4.79 Å². The van der Waals surface area contributed by atoms with E-state index in [4.69, 9.17) is 0 Å². The highest BCUT2D eigenvalue weighted by atomic mass is 19.1. The lowest BCUT2D eigenvalue weighted by Gasteiger charge is -2.39. The second-order valence-corrected chi connectivity index (χ2v) is 9.58. The van der Waals surface area contributed by atoms with Gasteiger partial charge in [-0.2, -0.15) is 0 Å². The molecule has 0 bridgehead atoms. The molecule has 3 rings (SSSR count). The van der Waals surface area contributed by atoms with Crippen LogP contribution in [0.2, 0.25) is 0 Å². The number of aromatic carboxylic acids is 1. The molecule has 2 N–H and O–H groups in total. The largest absolute Gasteiger partial charge is 0.477 e. The quantitative estimate of drug-likeness (QED) is 0.648. The lowest BCUT2D eigenvalue weighted by atomic mass is 9.76. The van der Waals surface area contributed by atoms with E-state index in [1.165, 1.54) is 12.3 Å². The molecule has 7 heteroatoms. The molecule has 1 saturated carbocycles. The summed E-state index contributed by atoms with van der Waals surface area (Å²) in [6.45, 7) is 12.7. The molecule has 1 fully saturated rings. The Hall–Kier alpha value is -2.41. The summed E-state index contributed by atoms with van der Waals surface area (Å²) in [5.74, 6) is -1.84. The van der Waals surface area contributed by atoms with Crippen molar-refractivity contribution in [1.29, 1.82) is 0 Å². The molecule has 0 aliphatic heterocycles. The molecule has 2 aromatic rings. The Morgan fingerprint density at radius 2 is 1.97 bits per heavy atom. The van der Waals surface area contributed by atoms with Crippen LogP contribution in [0.5, 0.6) is 0 Å². The van der Waals surface area contributed by atoms with Gasteiger partial charge in [0.15, 0.2) is 0 Å². The number of aliphatic hydroxyl groups is 1. The van der Waals surface area contributed by atoms with Crippen molar-refractivity contribution >= 4 is 22.6 Å². The maximum absolute atomic E-state index is 15.4. The van der Waals surface area contributed by atoms with E-state index in [9.17, 15) is 19.8 Å². The van der Waals surface area contributed by atoms with Gasteiger partial charge < -0.3 is 19.7 Å². The van der Waals surface area contributed by atoms with Gasteiger partial charge in [0.25, 0.3) is 0 Å². The zero-order chi connectivity index (χ0) is 23.2. The summed E-state index contributed by atoms with van der Waals surface area (Å²) < 4.78 is 17.3. The highest BCUT2D eigenvalue weighted by Gasteiger charge is 2.33. The molecule has 1 aromatic carbocycles. The molecule has 1 aromatic heterocycles. The number of aryl methyl sites for hydroxylation is 1. The summed E-state index contributed by atoms with van der Waals surface area (Å²) in [4.78, 5) is 26.4. The SMILES string of the molecule is CCN(CC(C)(C)C(C)C(C)O)c1c(F)cc2c(=O)c(C(=O)O)cn(C3CC3)c2c1C. The zero-order valence-corrected chi connectivity index (χ0v) is 19.2. The Labute approximate surface area is 182 Å². The van der Waals surface area contributed by atoms with E-state index in [2.05, 4.69) is 13.8 Å². The molecule has 0 amide bonds. The van der Waals surface area contributed by atoms with E-state index in [-0.39, 0.29) is 28.3 Å². The van der Waals surface area contributed by atoms with Crippen molar-refractivity contribution in [2.45, 2.75) is 66.5 Å². The lowest BCUT2D eigenvalue weighted by molar-refractivity contribution is 0.0620. The maximum Gasteiger partial charge on any atom is 0.341 e. The minimum Gasteiger partial charge on any atom is -0.477 e. The van der Waals surface area contributed by atoms with E-state index in [1.54, 1.807) is 13.8 Å². The first-order valence-corrected chi connectivity index (χ1v) is 10.9. The average molecular weight is 433 g/mol. The van der Waals surface area contributed by atoms with Gasteiger partial charge in [0.1, 0.15) is 11.4 Å². The Morgan fingerprint density at radius 1 is 1.35 bits per heavy atom. The van der Waals surface area contributed by atoms with Gasteiger partial charge >= 0.3 is 5.97 Å². The molecule has 0 saturated heterocycles. The van der Waals surface area contributed by atoms with Gasteiger partial charge in [-0.05, 0) is 56.6 Å². The first-order valence-electron chi connectivity index (χ1n) is 10.9. The number of carboxylic acid groups (broad SMARTS) is 1. The number of hydrogen-bond acceptors (Lipinski definition) is 4. The number of aliphatic hydroxyl groups excluding tert-OH is 1. The van der Waals surface area contributed by atoms with Gasteiger partial charge in [0, 0.05) is 30.7 Å². The van der Waals surface area contributed by atoms with Gasteiger partial charge in [-0.1, -0.05) is 20.8 Å². The topological polar surface area (TPSA) is 82.8 Å². The van der Waals surface area contributed by atoms with E-state index < -0.39 is 23.3 Å². The van der Waals surface area contributed by atoms with Crippen LogP contribution in [0.1, 0.15) is 69.4 Å². The van der Waals surface area contributed by atoms with Crippen molar-refractivity contribution in [1.82, 2.24) is 4.57 Å². The smallest absolute Gasteiger partial charge is 0.341 e. The van der Waals surface area contributed by atoms with Crippen molar-refractivity contribution in [3.8, 4) is 0 Å². The fourth-order valence-corrected chi connectivity index (χ4v) is 4.49. The van der Waals surface area contributed by atoms with Gasteiger partial charge in [0.05, 0.1) is 17.3 Å². The van der Waals surface area contributed by atoms with Crippen molar-refractivity contribution in [2.75, 3.05) is 18.0 Å². The molecular weight excluding hydrogens is 399 g/mol. The molecule has 0 radical (unpaired) electrons. The first-order chi connectivity index (χ1) is 14.4. The van der Waals surface area contributed by atoms with Gasteiger partial charge in [-0.15, -0.1) is 0 Å². The number of halogens is 1. The summed E-state index contributed by atoms with van der Waals surface area (Å²) in [7, 11) is 0. The maximum atomic E-state index is 15.4. The molecule has 170 valence electrons. The van der Waals surface area contributed by atoms with Gasteiger partial charge in [0.2, 0.25) is 5.43 Å². The number of benzene rings is 1. The molecule has 2 unspecified atom stereocenters. The Balaban J connectivity index is 2.22. The number of anilines is 1. The monoisotopic (exact) mass is 432 g/mol. The van der Waals surface area contributed by atoms with Crippen LogP contribution >= 0.6 is 0 Å². The van der Waals surface area contributed by atoms with Crippen LogP contribution in [0.25, 0.3) is 10.9 Å². The summed E-state index contributed by atoms with van der Waals surface area (Å²) in [5.41, 5.74) is 0.399. The number of aromatic nitrogens is 1. The van der Waals surface area contributed by atoms with Crippen LogP contribution in [0, 0.1) is 24.1 Å². The van der Waals surface area contributed by atoms with Crippen molar-refractivity contribution in [2.24, 2.45) is 11.3 Å². The number of fused-ring (bicyclic) bond motifs is 1. The second kappa shape index (κ2) is 8.26. The van der Waals surface area contributed by atoms with E-state index in [0.717, 1.165) is 12.8 Å². The van der Waals surface area contributed by atoms with Crippen molar-refractivity contribution in [3.63, 3.8) is 0 Å².